The SMILES string of the molecule is N#CCCCOc1ccc2ccc(=O)oc2c1. The summed E-state index contributed by atoms with van der Waals surface area (Å²) in [5, 5.41) is 9.24. The second-order valence-electron chi connectivity index (χ2n) is 3.56. The molecule has 0 amide bonds. The predicted octanol–water partition coefficient (Wildman–Crippen LogP) is 2.48. The van der Waals surface area contributed by atoms with Crippen LogP contribution in [0.2, 0.25) is 0 Å². The number of benzene rings is 1. The van der Waals surface area contributed by atoms with Crippen molar-refractivity contribution < 1.29 is 9.15 Å². The van der Waals surface area contributed by atoms with Crippen molar-refractivity contribution in [2.75, 3.05) is 6.61 Å². The molecule has 0 aliphatic carbocycles. The summed E-state index contributed by atoms with van der Waals surface area (Å²) in [6.07, 6.45) is 1.16. The van der Waals surface area contributed by atoms with Gasteiger partial charge in [-0.15, -0.1) is 0 Å². The lowest BCUT2D eigenvalue weighted by Gasteiger charge is -2.05. The molecular weight excluding hydrogens is 218 g/mol. The van der Waals surface area contributed by atoms with E-state index >= 15 is 0 Å². The summed E-state index contributed by atoms with van der Waals surface area (Å²) in [4.78, 5) is 11.1. The number of hydrogen-bond acceptors (Lipinski definition) is 4. The zero-order valence-corrected chi connectivity index (χ0v) is 9.18. The minimum atomic E-state index is -0.376. The maximum absolute atomic E-state index is 11.1. The summed E-state index contributed by atoms with van der Waals surface area (Å²) in [6.45, 7) is 0.482. The van der Waals surface area contributed by atoms with Gasteiger partial charge in [-0.2, -0.15) is 5.26 Å². The van der Waals surface area contributed by atoms with E-state index in [4.69, 9.17) is 14.4 Å². The topological polar surface area (TPSA) is 63.2 Å². The number of nitriles is 1. The first-order valence-corrected chi connectivity index (χ1v) is 5.33. The van der Waals surface area contributed by atoms with Crippen molar-refractivity contribution in [1.82, 2.24) is 0 Å². The average Bonchev–Trinajstić information content (AvgIpc) is 2.34. The van der Waals surface area contributed by atoms with Crippen LogP contribution in [0.5, 0.6) is 5.75 Å². The fourth-order valence-electron chi connectivity index (χ4n) is 1.47. The Labute approximate surface area is 98.0 Å². The third kappa shape index (κ3) is 2.85. The Hall–Kier alpha value is -2.28. The molecule has 0 spiro atoms. The monoisotopic (exact) mass is 229 g/mol. The molecule has 1 aromatic heterocycles. The molecule has 0 bridgehead atoms. The Kier molecular flexibility index (Phi) is 3.41. The first-order chi connectivity index (χ1) is 8.29. The van der Waals surface area contributed by atoms with Gasteiger partial charge in [0.1, 0.15) is 11.3 Å². The molecule has 0 radical (unpaired) electrons. The maximum Gasteiger partial charge on any atom is 0.336 e. The van der Waals surface area contributed by atoms with Crippen LogP contribution in [0.25, 0.3) is 11.0 Å². The summed E-state index contributed by atoms with van der Waals surface area (Å²) in [7, 11) is 0. The molecule has 0 aliphatic rings. The molecule has 0 aliphatic heterocycles. The van der Waals surface area contributed by atoms with E-state index in [1.807, 2.05) is 12.1 Å². The molecule has 0 N–H and O–H groups in total. The largest absolute Gasteiger partial charge is 0.493 e. The lowest BCUT2D eigenvalue weighted by molar-refractivity contribution is 0.312. The number of rotatable bonds is 4. The van der Waals surface area contributed by atoms with E-state index < -0.39 is 0 Å². The molecule has 1 heterocycles. The van der Waals surface area contributed by atoms with Crippen LogP contribution in [0, 0.1) is 11.3 Å². The minimum Gasteiger partial charge on any atom is -0.493 e. The van der Waals surface area contributed by atoms with E-state index in [9.17, 15) is 4.79 Å². The third-order valence-corrected chi connectivity index (χ3v) is 2.30. The molecule has 2 rings (SSSR count). The molecule has 0 saturated heterocycles. The van der Waals surface area contributed by atoms with E-state index in [1.165, 1.54) is 6.07 Å². The molecule has 0 atom stereocenters. The first kappa shape index (κ1) is 11.2. The van der Waals surface area contributed by atoms with Crippen LogP contribution in [-0.2, 0) is 0 Å². The van der Waals surface area contributed by atoms with Gasteiger partial charge in [0.25, 0.3) is 0 Å². The van der Waals surface area contributed by atoms with Crippen molar-refractivity contribution in [3.8, 4) is 11.8 Å². The summed E-state index contributed by atoms with van der Waals surface area (Å²) >= 11 is 0. The van der Waals surface area contributed by atoms with Gasteiger partial charge in [0.15, 0.2) is 0 Å². The molecule has 1 aromatic carbocycles. The molecule has 86 valence electrons. The van der Waals surface area contributed by atoms with Gasteiger partial charge in [-0.25, -0.2) is 4.79 Å². The van der Waals surface area contributed by atoms with Gasteiger partial charge >= 0.3 is 5.63 Å². The predicted molar refractivity (Wildman–Crippen MR) is 62.8 cm³/mol. The number of ether oxygens (including phenoxy) is 1. The molecule has 4 nitrogen and oxygen atoms in total. The minimum absolute atomic E-state index is 0.376. The Balaban J connectivity index is 2.14. The van der Waals surface area contributed by atoms with Crippen molar-refractivity contribution >= 4 is 11.0 Å². The van der Waals surface area contributed by atoms with Crippen molar-refractivity contribution in [2.45, 2.75) is 12.8 Å². The summed E-state index contributed by atoms with van der Waals surface area (Å²) in [5.74, 6) is 0.643. The Morgan fingerprint density at radius 1 is 1.29 bits per heavy atom. The van der Waals surface area contributed by atoms with Gasteiger partial charge in [-0.1, -0.05) is 0 Å². The maximum atomic E-state index is 11.1. The first-order valence-electron chi connectivity index (χ1n) is 5.33. The molecule has 2 aromatic rings. The summed E-state index contributed by atoms with van der Waals surface area (Å²) < 4.78 is 10.5. The van der Waals surface area contributed by atoms with Crippen LogP contribution in [-0.4, -0.2) is 6.61 Å². The van der Waals surface area contributed by atoms with Gasteiger partial charge < -0.3 is 9.15 Å². The van der Waals surface area contributed by atoms with Crippen LogP contribution in [0.3, 0.4) is 0 Å². The van der Waals surface area contributed by atoms with E-state index in [-0.39, 0.29) is 5.63 Å². The highest BCUT2D eigenvalue weighted by Gasteiger charge is 2.00. The summed E-state index contributed by atoms with van der Waals surface area (Å²) in [6, 6.07) is 10.5. The zero-order chi connectivity index (χ0) is 12.1. The van der Waals surface area contributed by atoms with Crippen LogP contribution in [0.1, 0.15) is 12.8 Å². The average molecular weight is 229 g/mol. The van der Waals surface area contributed by atoms with Gasteiger partial charge in [0.2, 0.25) is 0 Å². The van der Waals surface area contributed by atoms with E-state index in [0.29, 0.717) is 30.8 Å². The lowest BCUT2D eigenvalue weighted by Crippen LogP contribution is -1.98. The third-order valence-electron chi connectivity index (χ3n) is 2.30. The molecular formula is C13H11NO3. The fraction of sp³-hybridized carbons (Fsp3) is 0.231. The second kappa shape index (κ2) is 5.17. The standard InChI is InChI=1S/C13H11NO3/c14-7-1-2-8-16-11-5-3-10-4-6-13(15)17-12(10)9-11/h3-6,9H,1-2,8H2. The second-order valence-corrected chi connectivity index (χ2v) is 3.56. The van der Waals surface area contributed by atoms with Gasteiger partial charge in [0.05, 0.1) is 12.7 Å². The summed E-state index contributed by atoms with van der Waals surface area (Å²) in [5.41, 5.74) is 0.134. The number of fused-ring (bicyclic) bond motifs is 1. The van der Waals surface area contributed by atoms with Crippen LogP contribution >= 0.6 is 0 Å². The normalized spacial score (nSPS) is 10.1. The van der Waals surface area contributed by atoms with Crippen LogP contribution in [0.15, 0.2) is 39.5 Å². The zero-order valence-electron chi connectivity index (χ0n) is 9.18. The molecule has 0 saturated carbocycles. The molecule has 17 heavy (non-hydrogen) atoms. The molecule has 0 fully saturated rings. The van der Waals surface area contributed by atoms with Crippen molar-refractivity contribution in [3.05, 3.63) is 40.8 Å². The highest BCUT2D eigenvalue weighted by molar-refractivity contribution is 5.77. The van der Waals surface area contributed by atoms with Crippen molar-refractivity contribution in [2.24, 2.45) is 0 Å². The number of nitrogens with zero attached hydrogens (tertiary/aromatic N) is 1. The van der Waals surface area contributed by atoms with Crippen LogP contribution < -0.4 is 10.4 Å². The number of hydrogen-bond donors (Lipinski definition) is 0. The Morgan fingerprint density at radius 2 is 2.12 bits per heavy atom. The smallest absolute Gasteiger partial charge is 0.336 e. The Bertz CT molecular complexity index is 610. The van der Waals surface area contributed by atoms with Gasteiger partial charge in [-0.05, 0) is 24.6 Å². The van der Waals surface area contributed by atoms with Gasteiger partial charge in [-0.3, -0.25) is 0 Å². The molecule has 4 heteroatoms. The van der Waals surface area contributed by atoms with Crippen LogP contribution in [0.4, 0.5) is 0 Å². The van der Waals surface area contributed by atoms with E-state index in [0.717, 1.165) is 5.39 Å². The quantitative estimate of drug-likeness (QED) is 0.596. The van der Waals surface area contributed by atoms with Gasteiger partial charge in [0, 0.05) is 23.9 Å². The highest BCUT2D eigenvalue weighted by atomic mass is 16.5. The van der Waals surface area contributed by atoms with E-state index in [2.05, 4.69) is 6.07 Å². The lowest BCUT2D eigenvalue weighted by atomic mass is 10.2. The highest BCUT2D eigenvalue weighted by Crippen LogP contribution is 2.19. The van der Waals surface area contributed by atoms with Crippen molar-refractivity contribution in [1.29, 1.82) is 5.26 Å². The Morgan fingerprint density at radius 3 is 2.94 bits per heavy atom. The fourth-order valence-corrected chi connectivity index (χ4v) is 1.47. The number of unbranched alkanes of at least 4 members (excludes halogenated alkanes) is 1. The van der Waals surface area contributed by atoms with Crippen molar-refractivity contribution in [3.63, 3.8) is 0 Å². The molecule has 0 unspecified atom stereocenters. The van der Waals surface area contributed by atoms with E-state index in [1.54, 1.807) is 12.1 Å².